The predicted octanol–water partition coefficient (Wildman–Crippen LogP) is 17.4. The van der Waals surface area contributed by atoms with Crippen molar-refractivity contribution in [1.82, 2.24) is 0 Å². The standard InChI is InChI=1S/C70H56N5.Ga/c1-52-27-23-28-53(2)69(52)74(64-45-25-43-62(47-64)71(56-31-11-5-12-32-56)57-33-13-6-14-34-57)67-49-66(73(60-39-19-9-20-40-60)61-41-21-10-22-42-61)50-68(51-67)75(70-54(3)29-24-30-55(70)4)65-46-26-44-63(48-65)72(58-35-15-7-16-36-58)59-37-17-8-18-38-59;/h5-44,47-50H,1-4H3;. The van der Waals surface area contributed by atoms with E-state index in [2.05, 4.69) is 319 Å². The molecule has 76 heavy (non-hydrogen) atoms. The molecule has 0 spiro atoms. The zero-order valence-electron chi connectivity index (χ0n) is 43.2. The third kappa shape index (κ3) is 8.14. The van der Waals surface area contributed by atoms with Gasteiger partial charge in [0.25, 0.3) is 0 Å². The van der Waals surface area contributed by atoms with Gasteiger partial charge in [0.05, 0.1) is 0 Å². The summed E-state index contributed by atoms with van der Waals surface area (Å²) in [5.74, 6) is 0. The van der Waals surface area contributed by atoms with Crippen molar-refractivity contribution < 1.29 is 0 Å². The third-order valence-electron chi connectivity index (χ3n) is 15.2. The second-order valence-corrected chi connectivity index (χ2v) is 25.6. The van der Waals surface area contributed by atoms with Gasteiger partial charge in [-0.15, -0.1) is 0 Å². The normalized spacial score (nSPS) is 12.1. The van der Waals surface area contributed by atoms with E-state index in [0.717, 1.165) is 51.2 Å². The Bertz CT molecular complexity index is 3520. The molecule has 0 saturated heterocycles. The number of aryl methyl sites for hydroxylation is 4. The Kier molecular flexibility index (Phi) is 12.1. The van der Waals surface area contributed by atoms with Crippen LogP contribution in [-0.4, -0.2) is 16.2 Å². The molecule has 13 rings (SSSR count). The maximum absolute atomic E-state index is 3.16. The summed E-state index contributed by atoms with van der Waals surface area (Å²) >= 11 is -3.16. The van der Waals surface area contributed by atoms with Gasteiger partial charge < -0.3 is 0 Å². The van der Waals surface area contributed by atoms with E-state index in [-0.39, 0.29) is 0 Å². The summed E-state index contributed by atoms with van der Waals surface area (Å²) in [6, 6.07) is 98.3. The molecule has 0 atom stereocenters. The Labute approximate surface area is 452 Å². The van der Waals surface area contributed by atoms with Crippen LogP contribution in [0.4, 0.5) is 85.3 Å². The Morgan fingerprint density at radius 2 is 0.513 bits per heavy atom. The van der Waals surface area contributed by atoms with E-state index in [9.17, 15) is 0 Å². The van der Waals surface area contributed by atoms with Crippen LogP contribution in [0.15, 0.2) is 267 Å². The topological polar surface area (TPSA) is 16.2 Å². The number of benzene rings is 11. The number of hydrogen-bond donors (Lipinski definition) is 0. The minimum atomic E-state index is -3.16. The van der Waals surface area contributed by atoms with E-state index in [1.807, 2.05) is 0 Å². The van der Waals surface area contributed by atoms with Crippen LogP contribution < -0.4 is 36.9 Å². The van der Waals surface area contributed by atoms with Crippen LogP contribution in [0.25, 0.3) is 0 Å². The van der Waals surface area contributed by atoms with Gasteiger partial charge in [0.2, 0.25) is 0 Å². The number of hydrogen-bond acceptors (Lipinski definition) is 5. The van der Waals surface area contributed by atoms with E-state index in [1.54, 1.807) is 0 Å². The summed E-state index contributed by atoms with van der Waals surface area (Å²) in [5.41, 5.74) is 22.1. The van der Waals surface area contributed by atoms with E-state index in [0.29, 0.717) is 0 Å². The van der Waals surface area contributed by atoms with Crippen molar-refractivity contribution in [3.05, 3.63) is 289 Å². The number of fused-ring (bicyclic) bond motifs is 4. The van der Waals surface area contributed by atoms with Crippen molar-refractivity contribution in [2.24, 2.45) is 0 Å². The first-order valence-corrected chi connectivity index (χ1v) is 29.9. The van der Waals surface area contributed by atoms with E-state index >= 15 is 0 Å². The molecule has 0 fully saturated rings. The zero-order chi connectivity index (χ0) is 51.3. The second kappa shape index (κ2) is 19.7. The molecule has 11 aromatic rings. The zero-order valence-corrected chi connectivity index (χ0v) is 45.6. The van der Waals surface area contributed by atoms with Gasteiger partial charge in [0.1, 0.15) is 0 Å². The van der Waals surface area contributed by atoms with Crippen molar-refractivity contribution in [1.29, 1.82) is 0 Å². The average Bonchev–Trinajstić information content (AvgIpc) is 3.54. The van der Waals surface area contributed by atoms with Crippen molar-refractivity contribution in [3.63, 3.8) is 0 Å². The molecule has 0 radical (unpaired) electrons. The quantitative estimate of drug-likeness (QED) is 0.120. The van der Waals surface area contributed by atoms with Gasteiger partial charge in [-0.2, -0.15) is 0 Å². The van der Waals surface area contributed by atoms with Gasteiger partial charge in [0.15, 0.2) is 0 Å². The molecular weight excluding hydrogens is 981 g/mol. The molecule has 0 aliphatic carbocycles. The molecule has 11 aromatic carbocycles. The Morgan fingerprint density at radius 3 is 0.803 bits per heavy atom. The molecular formula is C70H56GaN5. The first-order chi connectivity index (χ1) is 37.4. The van der Waals surface area contributed by atoms with Crippen LogP contribution in [0.3, 0.4) is 0 Å². The Balaban J connectivity index is 1.17. The van der Waals surface area contributed by atoms with Crippen molar-refractivity contribution in [2.45, 2.75) is 27.7 Å². The van der Waals surface area contributed by atoms with Gasteiger partial charge in [-0.25, -0.2) is 0 Å². The summed E-state index contributed by atoms with van der Waals surface area (Å²) in [7, 11) is 0. The number of para-hydroxylation sites is 8. The molecule has 0 N–H and O–H groups in total. The van der Waals surface area contributed by atoms with Crippen molar-refractivity contribution in [2.75, 3.05) is 24.5 Å². The fourth-order valence-corrected chi connectivity index (χ4v) is 19.4. The van der Waals surface area contributed by atoms with E-state index in [1.165, 1.54) is 68.7 Å². The van der Waals surface area contributed by atoms with Gasteiger partial charge in [-0.3, -0.25) is 0 Å². The summed E-state index contributed by atoms with van der Waals surface area (Å²) in [5, 5.41) is 0. The maximum atomic E-state index is 2.64. The van der Waals surface area contributed by atoms with Gasteiger partial charge >= 0.3 is 455 Å². The second-order valence-electron chi connectivity index (χ2n) is 20.0. The van der Waals surface area contributed by atoms with Crippen LogP contribution in [-0.2, 0) is 0 Å². The van der Waals surface area contributed by atoms with Crippen molar-refractivity contribution in [3.8, 4) is 0 Å². The first kappa shape index (κ1) is 46.8. The predicted molar refractivity (Wildman–Crippen MR) is 323 cm³/mol. The molecule has 2 heterocycles. The van der Waals surface area contributed by atoms with Gasteiger partial charge in [0, 0.05) is 0 Å². The molecule has 6 heteroatoms. The minimum absolute atomic E-state index is 1.09. The molecule has 2 aliphatic rings. The summed E-state index contributed by atoms with van der Waals surface area (Å²) in [6.07, 6.45) is 0. The van der Waals surface area contributed by atoms with Crippen LogP contribution in [0.5, 0.6) is 0 Å². The van der Waals surface area contributed by atoms with E-state index in [4.69, 9.17) is 0 Å². The van der Waals surface area contributed by atoms with Crippen LogP contribution in [0.1, 0.15) is 22.3 Å². The molecule has 5 nitrogen and oxygen atoms in total. The third-order valence-corrected chi connectivity index (χ3v) is 22.3. The SMILES string of the molecule is Cc1cccc(C)c1N1c2cc(N(c3ccccc3)c3ccccc3)cc[c]2[Ga]2[c]3ccc(N(c4ccccc4)c4ccccc4)cc3N(c3c(C)cccc3C)c3cc(N(c4ccccc4)c4ccccc4)cc1[c]32. The molecule has 0 amide bonds. The fourth-order valence-electron chi connectivity index (χ4n) is 12.0. The summed E-state index contributed by atoms with van der Waals surface area (Å²) in [6.45, 7) is 9.12. The number of rotatable bonds is 11. The fraction of sp³-hybridized carbons (Fsp3) is 0.0571. The molecule has 0 unspecified atom stereocenters. The average molecular weight is 1040 g/mol. The van der Waals surface area contributed by atoms with Crippen LogP contribution in [0, 0.1) is 27.7 Å². The van der Waals surface area contributed by atoms with Crippen molar-refractivity contribution >= 4 is 114 Å². The monoisotopic (exact) mass is 1040 g/mol. The first-order valence-electron chi connectivity index (χ1n) is 26.3. The molecule has 0 saturated carbocycles. The molecule has 2 aliphatic heterocycles. The van der Waals surface area contributed by atoms with Crippen LogP contribution >= 0.6 is 0 Å². The van der Waals surface area contributed by atoms with Gasteiger partial charge in [-0.05, 0) is 0 Å². The van der Waals surface area contributed by atoms with Crippen LogP contribution in [0.2, 0.25) is 0 Å². The number of nitrogens with zero attached hydrogens (tertiary/aromatic N) is 5. The summed E-state index contributed by atoms with van der Waals surface area (Å²) in [4.78, 5) is 12.5. The summed E-state index contributed by atoms with van der Waals surface area (Å²) < 4.78 is 4.32. The molecule has 0 bridgehead atoms. The Hall–Kier alpha value is -8.94. The van der Waals surface area contributed by atoms with E-state index < -0.39 is 16.2 Å². The van der Waals surface area contributed by atoms with Gasteiger partial charge in [-0.1, -0.05) is 0 Å². The molecule has 0 aromatic heterocycles. The molecule has 364 valence electrons. The number of anilines is 15. The Morgan fingerprint density at radius 1 is 0.250 bits per heavy atom.